The lowest BCUT2D eigenvalue weighted by molar-refractivity contribution is 0.627. The number of hydrogen-bond acceptors (Lipinski definition) is 2. The lowest BCUT2D eigenvalue weighted by atomic mass is 10.1. The number of aryl methyl sites for hydroxylation is 1. The Hall–Kier alpha value is -2.01. The van der Waals surface area contributed by atoms with Crippen LogP contribution in [0.4, 0.5) is 4.39 Å². The Morgan fingerprint density at radius 2 is 1.76 bits per heavy atom. The predicted octanol–water partition coefficient (Wildman–Crippen LogP) is 4.20. The van der Waals surface area contributed by atoms with Crippen LogP contribution in [0.3, 0.4) is 0 Å². The normalized spacial score (nSPS) is 10.8. The molecule has 0 N–H and O–H groups in total. The van der Waals surface area contributed by atoms with Gasteiger partial charge in [-0.2, -0.15) is 5.10 Å². The van der Waals surface area contributed by atoms with Gasteiger partial charge in [-0.3, -0.25) is 9.67 Å². The fraction of sp³-hybridized carbons (Fsp3) is 0.125. The van der Waals surface area contributed by atoms with E-state index in [1.54, 1.807) is 24.5 Å². The zero-order chi connectivity index (χ0) is 14.8. The van der Waals surface area contributed by atoms with E-state index in [0.29, 0.717) is 6.54 Å². The number of pyridine rings is 1. The summed E-state index contributed by atoms with van der Waals surface area (Å²) >= 11 is 3.58. The number of aromatic nitrogens is 3. The quantitative estimate of drug-likeness (QED) is 0.712. The van der Waals surface area contributed by atoms with Crippen molar-refractivity contribution in [2.75, 3.05) is 0 Å². The second-order valence-electron chi connectivity index (χ2n) is 4.77. The molecular weight excluding hydrogens is 333 g/mol. The zero-order valence-corrected chi connectivity index (χ0v) is 13.0. The van der Waals surface area contributed by atoms with Gasteiger partial charge in [0.05, 0.1) is 22.4 Å². The highest BCUT2D eigenvalue weighted by Gasteiger charge is 2.15. The molecule has 0 aliphatic carbocycles. The molecule has 0 radical (unpaired) electrons. The maximum absolute atomic E-state index is 13.1. The summed E-state index contributed by atoms with van der Waals surface area (Å²) in [5.74, 6) is -0.244. The van der Waals surface area contributed by atoms with Gasteiger partial charge in [-0.05, 0) is 64.8 Å². The van der Waals surface area contributed by atoms with Gasteiger partial charge < -0.3 is 0 Å². The molecule has 0 fully saturated rings. The molecule has 3 rings (SSSR count). The highest BCUT2D eigenvalue weighted by atomic mass is 79.9. The lowest BCUT2D eigenvalue weighted by Crippen LogP contribution is -2.04. The summed E-state index contributed by atoms with van der Waals surface area (Å²) in [6.07, 6.45) is 3.52. The van der Waals surface area contributed by atoms with E-state index in [-0.39, 0.29) is 5.82 Å². The van der Waals surface area contributed by atoms with Crippen LogP contribution in [0.15, 0.2) is 53.3 Å². The Labute approximate surface area is 130 Å². The summed E-state index contributed by atoms with van der Waals surface area (Å²) in [5, 5.41) is 4.56. The summed E-state index contributed by atoms with van der Waals surface area (Å²) in [6, 6.07) is 10.4. The van der Waals surface area contributed by atoms with E-state index >= 15 is 0 Å². The maximum Gasteiger partial charge on any atom is 0.123 e. The molecule has 0 saturated heterocycles. The highest BCUT2D eigenvalue weighted by molar-refractivity contribution is 9.10. The largest absolute Gasteiger partial charge is 0.265 e. The van der Waals surface area contributed by atoms with E-state index < -0.39 is 0 Å². The van der Waals surface area contributed by atoms with E-state index in [0.717, 1.165) is 27.0 Å². The van der Waals surface area contributed by atoms with E-state index in [9.17, 15) is 4.39 Å². The molecule has 0 saturated carbocycles. The smallest absolute Gasteiger partial charge is 0.123 e. The SMILES string of the molecule is Cc1nn(Cc2ccncc2)c(-c2ccc(F)cc2)c1Br. The summed E-state index contributed by atoms with van der Waals surface area (Å²) < 4.78 is 16.0. The van der Waals surface area contributed by atoms with Crippen molar-refractivity contribution >= 4 is 15.9 Å². The molecule has 0 bridgehead atoms. The first kappa shape index (κ1) is 13.9. The predicted molar refractivity (Wildman–Crippen MR) is 83.4 cm³/mol. The van der Waals surface area contributed by atoms with Crippen molar-refractivity contribution < 1.29 is 4.39 Å². The van der Waals surface area contributed by atoms with E-state index in [2.05, 4.69) is 26.0 Å². The van der Waals surface area contributed by atoms with Crippen LogP contribution in [-0.4, -0.2) is 14.8 Å². The van der Waals surface area contributed by atoms with Crippen LogP contribution in [0, 0.1) is 12.7 Å². The Kier molecular flexibility index (Phi) is 3.84. The molecule has 3 aromatic rings. The highest BCUT2D eigenvalue weighted by Crippen LogP contribution is 2.31. The minimum absolute atomic E-state index is 0.244. The average molecular weight is 346 g/mol. The molecule has 5 heteroatoms. The average Bonchev–Trinajstić information content (AvgIpc) is 2.76. The summed E-state index contributed by atoms with van der Waals surface area (Å²) in [7, 11) is 0. The van der Waals surface area contributed by atoms with Gasteiger partial charge in [0.25, 0.3) is 0 Å². The van der Waals surface area contributed by atoms with E-state index in [4.69, 9.17) is 0 Å². The number of benzene rings is 1. The molecular formula is C16H13BrFN3. The van der Waals surface area contributed by atoms with E-state index in [1.807, 2.05) is 23.7 Å². The monoisotopic (exact) mass is 345 g/mol. The maximum atomic E-state index is 13.1. The van der Waals surface area contributed by atoms with Gasteiger partial charge in [0.2, 0.25) is 0 Å². The van der Waals surface area contributed by atoms with Gasteiger partial charge in [-0.25, -0.2) is 4.39 Å². The Balaban J connectivity index is 2.05. The first-order chi connectivity index (χ1) is 10.1. The molecule has 0 aliphatic rings. The standard InChI is InChI=1S/C16H13BrFN3/c1-11-15(17)16(13-2-4-14(18)5-3-13)21(20-11)10-12-6-8-19-9-7-12/h2-9H,10H2,1H3. The van der Waals surface area contributed by atoms with Crippen LogP contribution < -0.4 is 0 Å². The van der Waals surface area contributed by atoms with Gasteiger partial charge >= 0.3 is 0 Å². The van der Waals surface area contributed by atoms with E-state index in [1.165, 1.54) is 12.1 Å². The fourth-order valence-corrected chi connectivity index (χ4v) is 2.73. The minimum Gasteiger partial charge on any atom is -0.265 e. The third-order valence-corrected chi connectivity index (χ3v) is 4.20. The van der Waals surface area contributed by atoms with Crippen molar-refractivity contribution in [2.24, 2.45) is 0 Å². The lowest BCUT2D eigenvalue weighted by Gasteiger charge is -2.08. The molecule has 21 heavy (non-hydrogen) atoms. The Morgan fingerprint density at radius 1 is 1.10 bits per heavy atom. The molecule has 2 heterocycles. The van der Waals surface area contributed by atoms with Crippen molar-refractivity contribution in [1.29, 1.82) is 0 Å². The van der Waals surface area contributed by atoms with Crippen LogP contribution in [-0.2, 0) is 6.54 Å². The molecule has 3 nitrogen and oxygen atoms in total. The van der Waals surface area contributed by atoms with Gasteiger partial charge in [0.1, 0.15) is 5.82 Å². The molecule has 0 unspecified atom stereocenters. The third-order valence-electron chi connectivity index (χ3n) is 3.25. The van der Waals surface area contributed by atoms with Crippen LogP contribution in [0.2, 0.25) is 0 Å². The summed E-state index contributed by atoms with van der Waals surface area (Å²) in [6.45, 7) is 2.59. The number of nitrogens with zero attached hydrogens (tertiary/aromatic N) is 3. The third kappa shape index (κ3) is 2.88. The van der Waals surface area contributed by atoms with Crippen molar-refractivity contribution in [3.05, 3.63) is 70.3 Å². The zero-order valence-electron chi connectivity index (χ0n) is 11.4. The number of rotatable bonds is 3. The molecule has 2 aromatic heterocycles. The molecule has 106 valence electrons. The van der Waals surface area contributed by atoms with Crippen molar-refractivity contribution in [2.45, 2.75) is 13.5 Å². The van der Waals surface area contributed by atoms with Crippen LogP contribution in [0.1, 0.15) is 11.3 Å². The fourth-order valence-electron chi connectivity index (χ4n) is 2.22. The second kappa shape index (κ2) is 5.77. The first-order valence-corrected chi connectivity index (χ1v) is 7.32. The van der Waals surface area contributed by atoms with Gasteiger partial charge in [0.15, 0.2) is 0 Å². The Morgan fingerprint density at radius 3 is 2.43 bits per heavy atom. The number of halogens is 2. The molecule has 1 aromatic carbocycles. The Bertz CT molecular complexity index is 751. The molecule has 0 amide bonds. The molecule has 0 atom stereocenters. The van der Waals surface area contributed by atoms with Gasteiger partial charge in [0, 0.05) is 18.0 Å². The van der Waals surface area contributed by atoms with Gasteiger partial charge in [-0.15, -0.1) is 0 Å². The topological polar surface area (TPSA) is 30.7 Å². The first-order valence-electron chi connectivity index (χ1n) is 6.53. The van der Waals surface area contributed by atoms with Crippen molar-refractivity contribution in [3.63, 3.8) is 0 Å². The van der Waals surface area contributed by atoms with Crippen molar-refractivity contribution in [3.8, 4) is 11.3 Å². The van der Waals surface area contributed by atoms with Crippen LogP contribution in [0.5, 0.6) is 0 Å². The summed E-state index contributed by atoms with van der Waals surface area (Å²) in [4.78, 5) is 4.02. The van der Waals surface area contributed by atoms with Crippen LogP contribution >= 0.6 is 15.9 Å². The number of hydrogen-bond donors (Lipinski definition) is 0. The molecule has 0 spiro atoms. The van der Waals surface area contributed by atoms with Crippen LogP contribution in [0.25, 0.3) is 11.3 Å². The minimum atomic E-state index is -0.244. The van der Waals surface area contributed by atoms with Gasteiger partial charge in [-0.1, -0.05) is 0 Å². The van der Waals surface area contributed by atoms with Crippen molar-refractivity contribution in [1.82, 2.24) is 14.8 Å². The molecule has 0 aliphatic heterocycles. The second-order valence-corrected chi connectivity index (χ2v) is 5.56. The summed E-state index contributed by atoms with van der Waals surface area (Å²) in [5.41, 5.74) is 3.90.